The van der Waals surface area contributed by atoms with Crippen LogP contribution in [0.15, 0.2) is 18.2 Å². The maximum absolute atomic E-state index is 13.1. The van der Waals surface area contributed by atoms with Gasteiger partial charge in [0, 0.05) is 0 Å². The van der Waals surface area contributed by atoms with E-state index in [-0.39, 0.29) is 38.4 Å². The van der Waals surface area contributed by atoms with E-state index < -0.39 is 11.6 Å². The van der Waals surface area contributed by atoms with Gasteiger partial charge in [0.25, 0.3) is 0 Å². The zero-order valence-corrected chi connectivity index (χ0v) is 13.5. The minimum Gasteiger partial charge on any atom is -0.204 e. The molecule has 1 fully saturated rings. The lowest BCUT2D eigenvalue weighted by molar-refractivity contribution is 0.502. The fourth-order valence-electron chi connectivity index (χ4n) is 2.67. The van der Waals surface area contributed by atoms with Crippen molar-refractivity contribution in [3.63, 3.8) is 0 Å². The summed E-state index contributed by atoms with van der Waals surface area (Å²) in [5.41, 5.74) is 1.00. The highest BCUT2D eigenvalue weighted by atomic mass is 35.5. The predicted molar refractivity (Wildman–Crippen MR) is 74.0 cm³/mol. The summed E-state index contributed by atoms with van der Waals surface area (Å²) in [7, 11) is 0. The van der Waals surface area contributed by atoms with E-state index in [0.29, 0.717) is 5.92 Å². The Labute approximate surface area is 118 Å². The first-order chi connectivity index (χ1) is 7.70. The van der Waals surface area contributed by atoms with Crippen LogP contribution in [0, 0.1) is 11.6 Å². The molecule has 1 aliphatic rings. The zero-order valence-electron chi connectivity index (χ0n) is 10.1. The van der Waals surface area contributed by atoms with Crippen LogP contribution in [-0.2, 0) is 0 Å². The summed E-state index contributed by atoms with van der Waals surface area (Å²) in [6.45, 7) is 0. The predicted octanol–water partition coefficient (Wildman–Crippen LogP) is 3.74. The molecule has 1 aliphatic heterocycles. The molecule has 1 saturated heterocycles. The Morgan fingerprint density at radius 1 is 1.18 bits per heavy atom. The van der Waals surface area contributed by atoms with Gasteiger partial charge in [0.05, 0.1) is 0 Å². The topological polar surface area (TPSA) is 0 Å². The summed E-state index contributed by atoms with van der Waals surface area (Å²) in [4.78, 5) is 0. The molecule has 0 N–H and O–H groups in total. The first kappa shape index (κ1) is 15.4. The fraction of sp³-hybridized carbons (Fsp3) is 0.500. The van der Waals surface area contributed by atoms with Gasteiger partial charge in [0.1, 0.15) is 0 Å². The number of rotatable bonds is 2. The van der Waals surface area contributed by atoms with E-state index in [2.05, 4.69) is 5.05 Å². The highest BCUT2D eigenvalue weighted by molar-refractivity contribution is 7.12. The molecular formula is C12H17ClF2MgSi. The summed E-state index contributed by atoms with van der Waals surface area (Å²) >= 11 is 0.256. The van der Waals surface area contributed by atoms with Gasteiger partial charge in [0.15, 0.2) is 11.6 Å². The van der Waals surface area contributed by atoms with Crippen molar-refractivity contribution in [2.45, 2.75) is 35.9 Å². The normalized spacial score (nSPS) is 23.7. The Morgan fingerprint density at radius 2 is 1.82 bits per heavy atom. The molecule has 0 unspecified atom stereocenters. The standard InChI is InChI=1S/C11H13F2Si.CH3.ClH.Mg/c12-10-2-1-9(7-11(10)13)8-3-5-14-6-4-8;;;/h1-2,7-8,14H,3-6H2;1H3;1H;. The monoisotopic (exact) mass is 286 g/mol. The largest absolute Gasteiger partial charge is 0.355 e. The van der Waals surface area contributed by atoms with E-state index in [1.807, 2.05) is 0 Å². The van der Waals surface area contributed by atoms with Gasteiger partial charge in [-0.3, -0.25) is 0 Å². The van der Waals surface area contributed by atoms with Crippen molar-refractivity contribution in [1.29, 1.82) is 0 Å². The molecule has 0 atom stereocenters. The van der Waals surface area contributed by atoms with Gasteiger partial charge >= 0.3 is 19.6 Å². The maximum atomic E-state index is 13.1. The van der Waals surface area contributed by atoms with Crippen LogP contribution in [0.25, 0.3) is 0 Å². The van der Waals surface area contributed by atoms with Crippen molar-refractivity contribution in [1.82, 2.24) is 0 Å². The second kappa shape index (κ2) is 7.07. The molecule has 0 nitrogen and oxygen atoms in total. The van der Waals surface area contributed by atoms with Crippen LogP contribution in [0.5, 0.6) is 0 Å². The van der Waals surface area contributed by atoms with E-state index in [1.54, 1.807) is 6.07 Å². The Hall–Kier alpha value is 0.353. The van der Waals surface area contributed by atoms with Gasteiger partial charge in [-0.2, -0.15) is 5.05 Å². The van der Waals surface area contributed by atoms with Crippen molar-refractivity contribution in [2.24, 2.45) is 0 Å². The van der Waals surface area contributed by atoms with E-state index in [0.717, 1.165) is 5.56 Å². The maximum Gasteiger partial charge on any atom is 0.355 e. The summed E-state index contributed by atoms with van der Waals surface area (Å²) in [5.74, 6) is -0.936. The Kier molecular flexibility index (Phi) is 6.41. The van der Waals surface area contributed by atoms with Gasteiger partial charge in [-0.25, -0.2) is 8.78 Å². The van der Waals surface area contributed by atoms with E-state index in [9.17, 15) is 8.78 Å². The summed E-state index contributed by atoms with van der Waals surface area (Å²) in [6, 6.07) is 7.26. The quantitative estimate of drug-likeness (QED) is 0.727. The smallest absolute Gasteiger partial charge is 0.204 e. The van der Waals surface area contributed by atoms with Crippen molar-refractivity contribution in [3.05, 3.63) is 35.4 Å². The SMILES string of the molecule is Cl.[CH3][Mg][SiH]1CCC(c2ccc(F)c(F)c2)CC1. The first-order valence-corrected chi connectivity index (χ1v) is 12.5. The molecule has 0 aromatic heterocycles. The first-order valence-electron chi connectivity index (χ1n) is 6.15. The molecule has 0 spiro atoms. The molecular weight excluding hydrogens is 270 g/mol. The molecule has 0 amide bonds. The molecule has 0 aliphatic carbocycles. The second-order valence-corrected chi connectivity index (χ2v) is 14.4. The number of halogens is 3. The van der Waals surface area contributed by atoms with Gasteiger partial charge in [-0.15, -0.1) is 12.4 Å². The van der Waals surface area contributed by atoms with E-state index in [4.69, 9.17) is 0 Å². The molecule has 1 heterocycles. The van der Waals surface area contributed by atoms with E-state index >= 15 is 0 Å². The molecule has 1 aromatic rings. The zero-order chi connectivity index (χ0) is 11.5. The minimum atomic E-state index is -0.729. The van der Waals surface area contributed by atoms with Gasteiger partial charge in [-0.1, -0.05) is 37.4 Å². The van der Waals surface area contributed by atoms with Crippen molar-refractivity contribution >= 4 is 38.4 Å². The molecule has 0 saturated carbocycles. The van der Waals surface area contributed by atoms with Crippen LogP contribution in [0.1, 0.15) is 24.3 Å². The molecule has 5 heteroatoms. The van der Waals surface area contributed by atoms with E-state index in [1.165, 1.54) is 37.1 Å². The Morgan fingerprint density at radius 3 is 2.35 bits per heavy atom. The van der Waals surface area contributed by atoms with Gasteiger partial charge in [0.2, 0.25) is 0 Å². The van der Waals surface area contributed by atoms with Gasteiger partial charge in [-0.05, 0) is 23.6 Å². The van der Waals surface area contributed by atoms with Crippen LogP contribution in [-0.4, -0.2) is 26.0 Å². The minimum absolute atomic E-state index is 0. The third kappa shape index (κ3) is 3.91. The van der Waals surface area contributed by atoms with Crippen LogP contribution >= 0.6 is 12.4 Å². The Bertz CT molecular complexity index is 368. The third-order valence-electron chi connectivity index (χ3n) is 3.84. The number of hydrogen-bond acceptors (Lipinski definition) is 0. The van der Waals surface area contributed by atoms with Crippen molar-refractivity contribution < 1.29 is 8.78 Å². The summed E-state index contributed by atoms with van der Waals surface area (Å²) in [6.07, 6.45) is 2.10. The highest BCUT2D eigenvalue weighted by Gasteiger charge is 2.22. The molecule has 2 rings (SSSR count). The molecule has 0 bridgehead atoms. The lowest BCUT2D eigenvalue weighted by Gasteiger charge is -2.27. The van der Waals surface area contributed by atoms with Crippen molar-refractivity contribution in [2.75, 3.05) is 0 Å². The van der Waals surface area contributed by atoms with Crippen LogP contribution < -0.4 is 0 Å². The second-order valence-electron chi connectivity index (χ2n) is 4.80. The summed E-state index contributed by atoms with van der Waals surface area (Å²) in [5, 5.41) is 2.43. The number of hydrogen-bond donors (Lipinski definition) is 0. The lowest BCUT2D eigenvalue weighted by Crippen LogP contribution is -2.25. The molecule has 1 aromatic carbocycles. The van der Waals surface area contributed by atoms with Crippen LogP contribution in [0.4, 0.5) is 8.78 Å². The number of benzene rings is 1. The van der Waals surface area contributed by atoms with Crippen LogP contribution in [0.2, 0.25) is 17.1 Å². The lowest BCUT2D eigenvalue weighted by atomic mass is 9.93. The highest BCUT2D eigenvalue weighted by Crippen LogP contribution is 2.33. The molecule has 0 radical (unpaired) electrons. The van der Waals surface area contributed by atoms with Crippen LogP contribution in [0.3, 0.4) is 0 Å². The fourth-order valence-corrected chi connectivity index (χ4v) is 9.39. The summed E-state index contributed by atoms with van der Waals surface area (Å²) < 4.78 is 25.9. The molecule has 17 heavy (non-hydrogen) atoms. The average molecular weight is 287 g/mol. The van der Waals surface area contributed by atoms with Gasteiger partial charge < -0.3 is 0 Å². The van der Waals surface area contributed by atoms with Crippen molar-refractivity contribution in [3.8, 4) is 0 Å². The molecule has 92 valence electrons. The average Bonchev–Trinajstić information content (AvgIpc) is 2.33. The third-order valence-corrected chi connectivity index (χ3v) is 13.2. The Balaban J connectivity index is 0.00000144.